The van der Waals surface area contributed by atoms with E-state index in [4.69, 9.17) is 22.0 Å². The van der Waals surface area contributed by atoms with Gasteiger partial charge in [0.1, 0.15) is 16.9 Å². The van der Waals surface area contributed by atoms with Crippen molar-refractivity contribution in [3.8, 4) is 6.07 Å². The largest absolute Gasteiger partial charge is 0.481 e. The number of halogens is 1. The van der Waals surface area contributed by atoms with Gasteiger partial charge in [0, 0.05) is 11.7 Å². The Morgan fingerprint density at radius 2 is 2.20 bits per heavy atom. The van der Waals surface area contributed by atoms with Gasteiger partial charge in [-0.05, 0) is 18.9 Å². The molecule has 1 aromatic rings. The highest BCUT2D eigenvalue weighted by atomic mass is 35.5. The van der Waals surface area contributed by atoms with Crippen molar-refractivity contribution >= 4 is 23.4 Å². The highest BCUT2D eigenvalue weighted by Crippen LogP contribution is 2.36. The summed E-state index contributed by atoms with van der Waals surface area (Å²) in [4.78, 5) is 15.3. The van der Waals surface area contributed by atoms with Crippen LogP contribution in [0.3, 0.4) is 0 Å². The van der Waals surface area contributed by atoms with Gasteiger partial charge < -0.3 is 10.4 Å². The molecule has 2 rings (SSSR count). The average molecular weight is 294 g/mol. The van der Waals surface area contributed by atoms with E-state index in [1.807, 2.05) is 6.07 Å². The molecular formula is C14H16ClN3O2. The van der Waals surface area contributed by atoms with Gasteiger partial charge in [-0.25, -0.2) is 4.98 Å². The normalized spacial score (nSPS) is 17.2. The number of nitrogens with zero attached hydrogens (tertiary/aromatic N) is 2. The minimum absolute atomic E-state index is 0.0296. The van der Waals surface area contributed by atoms with Crippen LogP contribution in [-0.4, -0.2) is 21.6 Å². The smallest absolute Gasteiger partial charge is 0.305 e. The molecule has 0 aliphatic heterocycles. The first kappa shape index (κ1) is 14.6. The van der Waals surface area contributed by atoms with E-state index in [1.54, 1.807) is 0 Å². The van der Waals surface area contributed by atoms with Crippen molar-refractivity contribution in [2.24, 2.45) is 0 Å². The molecule has 1 heterocycles. The molecule has 106 valence electrons. The van der Waals surface area contributed by atoms with E-state index in [9.17, 15) is 4.79 Å². The molecule has 0 unspecified atom stereocenters. The van der Waals surface area contributed by atoms with E-state index in [0.717, 1.165) is 32.1 Å². The zero-order chi connectivity index (χ0) is 14.6. The SMILES string of the molecule is N#Cc1ccnc(NC2(CC(=O)O)CCCCC2)c1Cl. The summed E-state index contributed by atoms with van der Waals surface area (Å²) >= 11 is 6.13. The van der Waals surface area contributed by atoms with Gasteiger partial charge in [0.15, 0.2) is 0 Å². The quantitative estimate of drug-likeness (QED) is 0.890. The Morgan fingerprint density at radius 1 is 1.50 bits per heavy atom. The minimum Gasteiger partial charge on any atom is -0.481 e. The minimum atomic E-state index is -0.841. The standard InChI is InChI=1S/C14H16ClN3O2/c15-12-10(9-16)4-7-17-13(12)18-14(8-11(19)20)5-2-1-3-6-14/h4,7H,1-3,5-6,8H2,(H,17,18)(H,19,20). The summed E-state index contributed by atoms with van der Waals surface area (Å²) in [6.45, 7) is 0. The van der Waals surface area contributed by atoms with Crippen LogP contribution in [0.2, 0.25) is 5.02 Å². The fraction of sp³-hybridized carbons (Fsp3) is 0.500. The number of aromatic nitrogens is 1. The van der Waals surface area contributed by atoms with Crippen molar-refractivity contribution in [1.82, 2.24) is 4.98 Å². The van der Waals surface area contributed by atoms with Crippen molar-refractivity contribution in [1.29, 1.82) is 5.26 Å². The Labute approximate surface area is 122 Å². The van der Waals surface area contributed by atoms with Crippen LogP contribution >= 0.6 is 11.6 Å². The lowest BCUT2D eigenvalue weighted by atomic mass is 9.79. The Bertz CT molecular complexity index is 548. The molecule has 0 atom stereocenters. The molecule has 0 aromatic carbocycles. The van der Waals surface area contributed by atoms with E-state index in [1.165, 1.54) is 12.3 Å². The number of hydrogen-bond donors (Lipinski definition) is 2. The number of aliphatic carboxylic acids is 1. The van der Waals surface area contributed by atoms with Gasteiger partial charge >= 0.3 is 5.97 Å². The van der Waals surface area contributed by atoms with Crippen LogP contribution < -0.4 is 5.32 Å². The number of nitrogens with one attached hydrogen (secondary N) is 1. The van der Waals surface area contributed by atoms with Crippen molar-refractivity contribution in [2.45, 2.75) is 44.1 Å². The zero-order valence-corrected chi connectivity index (χ0v) is 11.8. The predicted octanol–water partition coefficient (Wildman–Crippen LogP) is 3.20. The number of nitriles is 1. The molecule has 1 aliphatic rings. The molecule has 0 radical (unpaired) electrons. The maximum atomic E-state index is 11.1. The van der Waals surface area contributed by atoms with E-state index in [2.05, 4.69) is 10.3 Å². The van der Waals surface area contributed by atoms with Crippen LogP contribution in [0.1, 0.15) is 44.1 Å². The molecule has 0 spiro atoms. The molecule has 1 fully saturated rings. The first-order chi connectivity index (χ1) is 9.56. The van der Waals surface area contributed by atoms with Gasteiger partial charge in [-0.3, -0.25) is 4.79 Å². The zero-order valence-electron chi connectivity index (χ0n) is 11.0. The first-order valence-corrected chi connectivity index (χ1v) is 6.99. The van der Waals surface area contributed by atoms with Crippen LogP contribution in [-0.2, 0) is 4.79 Å². The number of rotatable bonds is 4. The second-order valence-corrected chi connectivity index (χ2v) is 5.55. The average Bonchev–Trinajstić information content (AvgIpc) is 2.41. The summed E-state index contributed by atoms with van der Waals surface area (Å²) in [5.41, 5.74) is -0.181. The van der Waals surface area contributed by atoms with E-state index >= 15 is 0 Å². The first-order valence-electron chi connectivity index (χ1n) is 6.61. The van der Waals surface area contributed by atoms with Gasteiger partial charge in [-0.15, -0.1) is 0 Å². The summed E-state index contributed by atoms with van der Waals surface area (Å²) in [6.07, 6.45) is 6.15. The van der Waals surface area contributed by atoms with Gasteiger partial charge in [-0.2, -0.15) is 5.26 Å². The third kappa shape index (κ3) is 3.20. The Balaban J connectivity index is 2.28. The van der Waals surface area contributed by atoms with Gasteiger partial charge in [0.25, 0.3) is 0 Å². The lowest BCUT2D eigenvalue weighted by molar-refractivity contribution is -0.138. The van der Waals surface area contributed by atoms with Gasteiger partial charge in [0.2, 0.25) is 0 Å². The third-order valence-corrected chi connectivity index (χ3v) is 4.08. The molecule has 20 heavy (non-hydrogen) atoms. The maximum absolute atomic E-state index is 11.1. The molecule has 1 aliphatic carbocycles. The number of carboxylic acid groups (broad SMARTS) is 1. The molecule has 2 N–H and O–H groups in total. The fourth-order valence-corrected chi connectivity index (χ4v) is 2.93. The topological polar surface area (TPSA) is 86.0 Å². The Morgan fingerprint density at radius 3 is 2.80 bits per heavy atom. The van der Waals surface area contributed by atoms with Crippen LogP contribution in [0.4, 0.5) is 5.82 Å². The molecule has 6 heteroatoms. The summed E-state index contributed by atoms with van der Waals surface area (Å²) in [7, 11) is 0. The number of carboxylic acids is 1. The van der Waals surface area contributed by atoms with Crippen LogP contribution in [0.15, 0.2) is 12.3 Å². The lowest BCUT2D eigenvalue weighted by Crippen LogP contribution is -2.42. The van der Waals surface area contributed by atoms with E-state index < -0.39 is 11.5 Å². The predicted molar refractivity (Wildman–Crippen MR) is 75.7 cm³/mol. The van der Waals surface area contributed by atoms with E-state index in [-0.39, 0.29) is 11.4 Å². The van der Waals surface area contributed by atoms with Crippen molar-refractivity contribution in [3.63, 3.8) is 0 Å². The monoisotopic (exact) mass is 293 g/mol. The summed E-state index contributed by atoms with van der Waals surface area (Å²) in [6, 6.07) is 3.54. The Kier molecular flexibility index (Phi) is 4.46. The number of carbonyl (C=O) groups is 1. The summed E-state index contributed by atoms with van der Waals surface area (Å²) in [5, 5.41) is 21.6. The molecular weight excluding hydrogens is 278 g/mol. The van der Waals surface area contributed by atoms with Crippen molar-refractivity contribution in [2.75, 3.05) is 5.32 Å². The van der Waals surface area contributed by atoms with Crippen molar-refractivity contribution < 1.29 is 9.90 Å². The second-order valence-electron chi connectivity index (χ2n) is 5.17. The molecule has 1 aromatic heterocycles. The molecule has 0 saturated heterocycles. The number of pyridine rings is 1. The maximum Gasteiger partial charge on any atom is 0.305 e. The van der Waals surface area contributed by atoms with Crippen molar-refractivity contribution in [3.05, 3.63) is 22.8 Å². The van der Waals surface area contributed by atoms with Crippen LogP contribution in [0.25, 0.3) is 0 Å². The third-order valence-electron chi connectivity index (χ3n) is 3.69. The van der Waals surface area contributed by atoms with Gasteiger partial charge in [-0.1, -0.05) is 30.9 Å². The van der Waals surface area contributed by atoms with E-state index in [0.29, 0.717) is 11.4 Å². The molecule has 0 bridgehead atoms. The summed E-state index contributed by atoms with van der Waals surface area (Å²) < 4.78 is 0. The number of hydrogen-bond acceptors (Lipinski definition) is 4. The molecule has 1 saturated carbocycles. The second kappa shape index (κ2) is 6.10. The summed E-state index contributed by atoms with van der Waals surface area (Å²) in [5.74, 6) is -0.444. The highest BCUT2D eigenvalue weighted by molar-refractivity contribution is 6.34. The Hall–Kier alpha value is -1.80. The van der Waals surface area contributed by atoms with Crippen LogP contribution in [0.5, 0.6) is 0 Å². The fourth-order valence-electron chi connectivity index (χ4n) is 2.73. The number of anilines is 1. The molecule has 0 amide bonds. The lowest BCUT2D eigenvalue weighted by Gasteiger charge is -2.37. The van der Waals surface area contributed by atoms with Crippen LogP contribution in [0, 0.1) is 11.3 Å². The highest BCUT2D eigenvalue weighted by Gasteiger charge is 2.35. The molecule has 5 nitrogen and oxygen atoms in total. The van der Waals surface area contributed by atoms with Gasteiger partial charge in [0.05, 0.1) is 12.0 Å².